The van der Waals surface area contributed by atoms with Gasteiger partial charge in [0.15, 0.2) is 0 Å². The van der Waals surface area contributed by atoms with E-state index in [4.69, 9.17) is 5.73 Å². The van der Waals surface area contributed by atoms with Crippen LogP contribution >= 0.6 is 0 Å². The van der Waals surface area contributed by atoms with Crippen molar-refractivity contribution in [3.63, 3.8) is 0 Å². The summed E-state index contributed by atoms with van der Waals surface area (Å²) in [4.78, 5) is 0. The van der Waals surface area contributed by atoms with Gasteiger partial charge in [-0.3, -0.25) is 0 Å². The Labute approximate surface area is 123 Å². The highest BCUT2D eigenvalue weighted by molar-refractivity contribution is 5.74. The summed E-state index contributed by atoms with van der Waals surface area (Å²) >= 11 is 0. The number of aryl methyl sites for hydroxylation is 1. The van der Waals surface area contributed by atoms with Gasteiger partial charge in [0.25, 0.3) is 0 Å². The molecule has 0 saturated heterocycles. The molecule has 108 valence electrons. The normalized spacial score (nSPS) is 11.4. The molecule has 0 heterocycles. The van der Waals surface area contributed by atoms with Crippen LogP contribution in [0.25, 0.3) is 5.57 Å². The minimum atomic E-state index is 0.981. The zero-order valence-corrected chi connectivity index (χ0v) is 12.8. The molecule has 0 aliphatic rings. The molecular formula is C18H26N2. The van der Waals surface area contributed by atoms with Gasteiger partial charge in [-0.15, -0.1) is 0 Å². The second kappa shape index (κ2) is 10.7. The van der Waals surface area contributed by atoms with Crippen LogP contribution in [-0.4, -0.2) is 0 Å². The van der Waals surface area contributed by atoms with Gasteiger partial charge in [-0.2, -0.15) is 0 Å². The molecule has 0 saturated carbocycles. The maximum Gasteiger partial charge on any atom is -0.00563 e. The standard InChI is InChI=1S/C16H21N.C2H5N/c1-4-6-7-14-10-13(3)11-16(12-14)15(5-2)8-9-17;1-2-3/h4-6,8-12H,7,17H2,1-3H3;2H,1,3H2/b6-4-,9-8-,15-5+;. The predicted octanol–water partition coefficient (Wildman–Crippen LogP) is 4.08. The van der Waals surface area contributed by atoms with Gasteiger partial charge in [-0.1, -0.05) is 48.6 Å². The van der Waals surface area contributed by atoms with Crippen molar-refractivity contribution >= 4 is 5.57 Å². The Kier molecular flexibility index (Phi) is 9.49. The van der Waals surface area contributed by atoms with Crippen LogP contribution in [0.15, 0.2) is 61.5 Å². The highest BCUT2D eigenvalue weighted by atomic mass is 14.5. The van der Waals surface area contributed by atoms with E-state index in [1.807, 2.05) is 19.9 Å². The number of hydrogen-bond donors (Lipinski definition) is 2. The van der Waals surface area contributed by atoms with Crippen LogP contribution in [0, 0.1) is 6.92 Å². The van der Waals surface area contributed by atoms with Crippen molar-refractivity contribution in [3.05, 3.63) is 78.2 Å². The summed E-state index contributed by atoms with van der Waals surface area (Å²) < 4.78 is 0. The molecule has 2 nitrogen and oxygen atoms in total. The third-order valence-electron chi connectivity index (χ3n) is 2.65. The molecule has 0 atom stereocenters. The minimum Gasteiger partial charge on any atom is -0.405 e. The molecule has 0 fully saturated rings. The highest BCUT2D eigenvalue weighted by Gasteiger charge is 2.00. The van der Waals surface area contributed by atoms with Crippen LogP contribution in [-0.2, 0) is 6.42 Å². The van der Waals surface area contributed by atoms with Crippen LogP contribution < -0.4 is 11.5 Å². The fourth-order valence-electron chi connectivity index (χ4n) is 1.86. The Hall–Kier alpha value is -2.22. The zero-order valence-electron chi connectivity index (χ0n) is 12.8. The van der Waals surface area contributed by atoms with Crippen molar-refractivity contribution in [1.82, 2.24) is 0 Å². The van der Waals surface area contributed by atoms with Crippen molar-refractivity contribution in [2.24, 2.45) is 11.5 Å². The molecule has 0 amide bonds. The van der Waals surface area contributed by atoms with Gasteiger partial charge in [0.2, 0.25) is 0 Å². The SMILES string of the molecule is C/C=C\Cc1cc(C)cc(C(/C=C\N)=C/C)c1.C=CN. The first-order valence-corrected chi connectivity index (χ1v) is 6.72. The molecule has 0 aliphatic heterocycles. The van der Waals surface area contributed by atoms with Gasteiger partial charge in [-0.25, -0.2) is 0 Å². The van der Waals surface area contributed by atoms with Crippen molar-refractivity contribution in [2.75, 3.05) is 0 Å². The topological polar surface area (TPSA) is 52.0 Å². The second-order valence-corrected chi connectivity index (χ2v) is 4.32. The molecule has 0 aliphatic carbocycles. The maximum atomic E-state index is 5.47. The molecule has 0 unspecified atom stereocenters. The first-order valence-electron chi connectivity index (χ1n) is 6.72. The minimum absolute atomic E-state index is 0.981. The van der Waals surface area contributed by atoms with Crippen molar-refractivity contribution < 1.29 is 0 Å². The van der Waals surface area contributed by atoms with Gasteiger partial charge in [0.1, 0.15) is 0 Å². The molecule has 0 spiro atoms. The van der Waals surface area contributed by atoms with Gasteiger partial charge < -0.3 is 11.5 Å². The first-order chi connectivity index (χ1) is 9.62. The average molecular weight is 270 g/mol. The Bertz CT molecular complexity index is 494. The third kappa shape index (κ3) is 6.64. The molecule has 0 radical (unpaired) electrons. The fraction of sp³-hybridized carbons (Fsp3) is 0.222. The molecule has 1 aromatic carbocycles. The number of hydrogen-bond acceptors (Lipinski definition) is 2. The fourth-order valence-corrected chi connectivity index (χ4v) is 1.86. The lowest BCUT2D eigenvalue weighted by Gasteiger charge is -2.07. The highest BCUT2D eigenvalue weighted by Crippen LogP contribution is 2.20. The predicted molar refractivity (Wildman–Crippen MR) is 91.1 cm³/mol. The van der Waals surface area contributed by atoms with E-state index in [1.54, 1.807) is 6.20 Å². The Balaban J connectivity index is 0.00000110. The summed E-state index contributed by atoms with van der Waals surface area (Å²) in [6, 6.07) is 6.64. The van der Waals surface area contributed by atoms with Crippen LogP contribution in [0.2, 0.25) is 0 Å². The van der Waals surface area contributed by atoms with Gasteiger partial charge >= 0.3 is 0 Å². The lowest BCUT2D eigenvalue weighted by atomic mass is 9.98. The van der Waals surface area contributed by atoms with E-state index in [0.29, 0.717) is 0 Å². The summed E-state index contributed by atoms with van der Waals surface area (Å²) in [6.07, 6.45) is 12.1. The van der Waals surface area contributed by atoms with Crippen LogP contribution in [0.3, 0.4) is 0 Å². The summed E-state index contributed by atoms with van der Waals surface area (Å²) in [7, 11) is 0. The summed E-state index contributed by atoms with van der Waals surface area (Å²) in [5.74, 6) is 0. The first kappa shape index (κ1) is 17.8. The molecule has 1 rings (SSSR count). The zero-order chi connectivity index (χ0) is 15.4. The Morgan fingerprint density at radius 1 is 1.20 bits per heavy atom. The molecule has 1 aromatic rings. The van der Waals surface area contributed by atoms with E-state index < -0.39 is 0 Å². The van der Waals surface area contributed by atoms with Crippen LogP contribution in [0.1, 0.15) is 30.5 Å². The summed E-state index contributed by atoms with van der Waals surface area (Å²) in [5.41, 5.74) is 15.1. The monoisotopic (exact) mass is 270 g/mol. The molecule has 2 heteroatoms. The van der Waals surface area contributed by atoms with E-state index in [-0.39, 0.29) is 0 Å². The van der Waals surface area contributed by atoms with Crippen LogP contribution in [0.5, 0.6) is 0 Å². The summed E-state index contributed by atoms with van der Waals surface area (Å²) in [5, 5.41) is 0. The van der Waals surface area contributed by atoms with Gasteiger partial charge in [0.05, 0.1) is 0 Å². The van der Waals surface area contributed by atoms with Crippen molar-refractivity contribution in [2.45, 2.75) is 27.2 Å². The lowest BCUT2D eigenvalue weighted by Crippen LogP contribution is -1.90. The van der Waals surface area contributed by atoms with E-state index in [0.717, 1.165) is 12.0 Å². The number of rotatable bonds is 4. The molecule has 0 bridgehead atoms. The quantitative estimate of drug-likeness (QED) is 0.640. The maximum absolute atomic E-state index is 5.47. The van der Waals surface area contributed by atoms with E-state index in [9.17, 15) is 0 Å². The van der Waals surface area contributed by atoms with Gasteiger partial charge in [-0.05, 0) is 62.4 Å². The number of allylic oxidation sites excluding steroid dienone is 5. The molecule has 20 heavy (non-hydrogen) atoms. The second-order valence-electron chi connectivity index (χ2n) is 4.32. The van der Waals surface area contributed by atoms with E-state index in [1.165, 1.54) is 22.9 Å². The van der Waals surface area contributed by atoms with Gasteiger partial charge in [0, 0.05) is 0 Å². The summed E-state index contributed by atoms with van der Waals surface area (Å²) in [6.45, 7) is 9.34. The number of nitrogens with two attached hydrogens (primary N) is 2. The largest absolute Gasteiger partial charge is 0.405 e. The van der Waals surface area contributed by atoms with E-state index in [2.05, 4.69) is 55.7 Å². The van der Waals surface area contributed by atoms with E-state index >= 15 is 0 Å². The van der Waals surface area contributed by atoms with Crippen LogP contribution in [0.4, 0.5) is 0 Å². The Morgan fingerprint density at radius 3 is 2.35 bits per heavy atom. The lowest BCUT2D eigenvalue weighted by molar-refractivity contribution is 1.23. The third-order valence-corrected chi connectivity index (χ3v) is 2.65. The molecular weight excluding hydrogens is 244 g/mol. The smallest absolute Gasteiger partial charge is 0.00563 e. The van der Waals surface area contributed by atoms with Crippen molar-refractivity contribution in [1.29, 1.82) is 0 Å². The molecule has 0 aromatic heterocycles. The number of benzene rings is 1. The Morgan fingerprint density at radius 2 is 1.85 bits per heavy atom. The average Bonchev–Trinajstić information content (AvgIpc) is 2.42. The molecule has 4 N–H and O–H groups in total. The van der Waals surface area contributed by atoms with Crippen molar-refractivity contribution in [3.8, 4) is 0 Å².